The van der Waals surface area contributed by atoms with E-state index in [-0.39, 0.29) is 0 Å². The molecule has 118 valence electrons. The number of piperazine rings is 1. The van der Waals surface area contributed by atoms with Crippen molar-refractivity contribution >= 4 is 11.3 Å². The molecule has 5 heteroatoms. The lowest BCUT2D eigenvalue weighted by molar-refractivity contribution is 0.585. The number of rotatable bonds is 2. The highest BCUT2D eigenvalue weighted by molar-refractivity contribution is 5.75. The van der Waals surface area contributed by atoms with Gasteiger partial charge < -0.3 is 10.2 Å². The minimum Gasteiger partial charge on any atom is -0.352 e. The van der Waals surface area contributed by atoms with E-state index in [1.165, 1.54) is 11.1 Å². The lowest BCUT2D eigenvalue weighted by atomic mass is 10.0. The van der Waals surface area contributed by atoms with Gasteiger partial charge >= 0.3 is 0 Å². The summed E-state index contributed by atoms with van der Waals surface area (Å²) in [6.45, 7) is 8.24. The second kappa shape index (κ2) is 5.66. The molecule has 1 N–H and O–H groups in total. The van der Waals surface area contributed by atoms with Crippen LogP contribution in [0.2, 0.25) is 0 Å². The maximum Gasteiger partial charge on any atom is 0.154 e. The second-order valence-corrected chi connectivity index (χ2v) is 6.15. The highest BCUT2D eigenvalue weighted by atomic mass is 15.3. The van der Waals surface area contributed by atoms with Gasteiger partial charge in [0.25, 0.3) is 0 Å². The molecule has 0 amide bonds. The molecule has 0 aliphatic carbocycles. The first-order chi connectivity index (χ1) is 11.2. The summed E-state index contributed by atoms with van der Waals surface area (Å²) in [5.41, 5.74) is 5.82. The summed E-state index contributed by atoms with van der Waals surface area (Å²) in [5.74, 6) is 1.02. The molecule has 1 fully saturated rings. The van der Waals surface area contributed by atoms with E-state index in [1.807, 2.05) is 16.9 Å². The molecule has 0 radical (unpaired) electrons. The van der Waals surface area contributed by atoms with E-state index >= 15 is 0 Å². The summed E-state index contributed by atoms with van der Waals surface area (Å²) in [4.78, 5) is 6.94. The average molecular weight is 307 g/mol. The second-order valence-electron chi connectivity index (χ2n) is 6.15. The van der Waals surface area contributed by atoms with Gasteiger partial charge in [-0.2, -0.15) is 5.10 Å². The largest absolute Gasteiger partial charge is 0.352 e. The minimum absolute atomic E-state index is 0.983. The van der Waals surface area contributed by atoms with Crippen LogP contribution in [0.25, 0.3) is 16.8 Å². The van der Waals surface area contributed by atoms with Crippen LogP contribution in [0.5, 0.6) is 0 Å². The van der Waals surface area contributed by atoms with Gasteiger partial charge in [0, 0.05) is 44.1 Å². The fourth-order valence-corrected chi connectivity index (χ4v) is 3.07. The predicted octanol–water partition coefficient (Wildman–Crippen LogP) is 2.42. The molecule has 0 bridgehead atoms. The van der Waals surface area contributed by atoms with Crippen molar-refractivity contribution in [2.75, 3.05) is 31.1 Å². The molecule has 1 aliphatic rings. The SMILES string of the molecule is Cc1ccc(-c2cc3c(N4CCNCC4)nccn3n2)cc1C. The number of hydrogen-bond donors (Lipinski definition) is 1. The number of nitrogens with zero attached hydrogens (tertiary/aromatic N) is 4. The Morgan fingerprint density at radius 3 is 2.65 bits per heavy atom. The normalized spacial score (nSPS) is 15.3. The quantitative estimate of drug-likeness (QED) is 0.790. The first-order valence-electron chi connectivity index (χ1n) is 8.10. The number of nitrogens with one attached hydrogen (secondary N) is 1. The van der Waals surface area contributed by atoms with Gasteiger partial charge in [-0.1, -0.05) is 12.1 Å². The van der Waals surface area contributed by atoms with Gasteiger partial charge in [0.05, 0.1) is 5.69 Å². The van der Waals surface area contributed by atoms with Crippen molar-refractivity contribution in [1.82, 2.24) is 19.9 Å². The number of hydrogen-bond acceptors (Lipinski definition) is 4. The molecule has 1 aromatic carbocycles. The molecule has 4 rings (SSSR count). The molecule has 0 saturated carbocycles. The fourth-order valence-electron chi connectivity index (χ4n) is 3.07. The highest BCUT2D eigenvalue weighted by Gasteiger charge is 2.16. The Labute approximate surface area is 136 Å². The molecule has 0 unspecified atom stereocenters. The Balaban J connectivity index is 1.79. The van der Waals surface area contributed by atoms with E-state index in [9.17, 15) is 0 Å². The predicted molar refractivity (Wildman–Crippen MR) is 93.0 cm³/mol. The van der Waals surface area contributed by atoms with E-state index in [1.54, 1.807) is 0 Å². The van der Waals surface area contributed by atoms with Gasteiger partial charge in [-0.15, -0.1) is 0 Å². The van der Waals surface area contributed by atoms with Crippen LogP contribution < -0.4 is 10.2 Å². The summed E-state index contributed by atoms with van der Waals surface area (Å²) in [6.07, 6.45) is 3.76. The molecule has 1 aliphatic heterocycles. The topological polar surface area (TPSA) is 45.5 Å². The van der Waals surface area contributed by atoms with E-state index in [2.05, 4.69) is 53.3 Å². The molecule has 3 aromatic rings. The fraction of sp³-hybridized carbons (Fsp3) is 0.333. The van der Waals surface area contributed by atoms with Crippen molar-refractivity contribution in [3.8, 4) is 11.3 Å². The molecule has 3 heterocycles. The summed E-state index contributed by atoms with van der Waals surface area (Å²) in [6, 6.07) is 8.65. The smallest absolute Gasteiger partial charge is 0.154 e. The standard InChI is InChI=1S/C18H21N5/c1-13-3-4-15(11-14(13)2)16-12-17-18(20-7-10-23(17)21-16)22-8-5-19-6-9-22/h3-4,7,10-12,19H,5-6,8-9H2,1-2H3. The van der Waals surface area contributed by atoms with Gasteiger partial charge in [0.1, 0.15) is 5.52 Å². The lowest BCUT2D eigenvalue weighted by Crippen LogP contribution is -2.44. The molecular formula is C18H21N5. The Kier molecular flexibility index (Phi) is 3.50. The van der Waals surface area contributed by atoms with Crippen molar-refractivity contribution in [3.63, 3.8) is 0 Å². The number of aromatic nitrogens is 3. The van der Waals surface area contributed by atoms with Gasteiger partial charge in [-0.05, 0) is 37.1 Å². The van der Waals surface area contributed by atoms with Crippen LogP contribution in [0.4, 0.5) is 5.82 Å². The Morgan fingerprint density at radius 2 is 1.87 bits per heavy atom. The third-order valence-corrected chi connectivity index (χ3v) is 4.59. The Bertz CT molecular complexity index is 846. The zero-order chi connectivity index (χ0) is 15.8. The van der Waals surface area contributed by atoms with Gasteiger partial charge in [0.2, 0.25) is 0 Å². The van der Waals surface area contributed by atoms with E-state index in [0.29, 0.717) is 0 Å². The van der Waals surface area contributed by atoms with Crippen molar-refractivity contribution in [2.24, 2.45) is 0 Å². The molecular weight excluding hydrogens is 286 g/mol. The Morgan fingerprint density at radius 1 is 1.04 bits per heavy atom. The van der Waals surface area contributed by atoms with Gasteiger partial charge in [0.15, 0.2) is 5.82 Å². The van der Waals surface area contributed by atoms with Crippen molar-refractivity contribution < 1.29 is 0 Å². The average Bonchev–Trinajstić information content (AvgIpc) is 3.02. The summed E-state index contributed by atoms with van der Waals surface area (Å²) in [7, 11) is 0. The molecule has 23 heavy (non-hydrogen) atoms. The zero-order valence-corrected chi connectivity index (χ0v) is 13.6. The van der Waals surface area contributed by atoms with Gasteiger partial charge in [-0.25, -0.2) is 9.50 Å². The van der Waals surface area contributed by atoms with Crippen molar-refractivity contribution in [2.45, 2.75) is 13.8 Å². The molecule has 0 atom stereocenters. The van der Waals surface area contributed by atoms with Crippen LogP contribution in [-0.4, -0.2) is 40.8 Å². The highest BCUT2D eigenvalue weighted by Crippen LogP contribution is 2.26. The van der Waals surface area contributed by atoms with Crippen molar-refractivity contribution in [1.29, 1.82) is 0 Å². The third kappa shape index (κ3) is 2.57. The first-order valence-corrected chi connectivity index (χ1v) is 8.10. The third-order valence-electron chi connectivity index (χ3n) is 4.59. The number of anilines is 1. The van der Waals surface area contributed by atoms with Gasteiger partial charge in [-0.3, -0.25) is 0 Å². The van der Waals surface area contributed by atoms with Crippen LogP contribution in [0.15, 0.2) is 36.7 Å². The van der Waals surface area contributed by atoms with Crippen LogP contribution >= 0.6 is 0 Å². The lowest BCUT2D eigenvalue weighted by Gasteiger charge is -2.28. The number of fused-ring (bicyclic) bond motifs is 1. The summed E-state index contributed by atoms with van der Waals surface area (Å²) < 4.78 is 1.94. The van der Waals surface area contributed by atoms with Crippen LogP contribution in [0, 0.1) is 13.8 Å². The Hall–Kier alpha value is -2.40. The monoisotopic (exact) mass is 307 g/mol. The minimum atomic E-state index is 0.983. The van der Waals surface area contributed by atoms with Crippen LogP contribution in [0.3, 0.4) is 0 Å². The number of benzene rings is 1. The van der Waals surface area contributed by atoms with Crippen LogP contribution in [-0.2, 0) is 0 Å². The van der Waals surface area contributed by atoms with E-state index < -0.39 is 0 Å². The molecule has 0 spiro atoms. The van der Waals surface area contributed by atoms with E-state index in [4.69, 9.17) is 5.10 Å². The summed E-state index contributed by atoms with van der Waals surface area (Å²) >= 11 is 0. The maximum absolute atomic E-state index is 4.74. The molecule has 5 nitrogen and oxygen atoms in total. The first kappa shape index (κ1) is 14.2. The molecule has 1 saturated heterocycles. The van der Waals surface area contributed by atoms with Crippen LogP contribution in [0.1, 0.15) is 11.1 Å². The van der Waals surface area contributed by atoms with Crippen molar-refractivity contribution in [3.05, 3.63) is 47.8 Å². The van der Waals surface area contributed by atoms with E-state index in [0.717, 1.165) is 48.8 Å². The zero-order valence-electron chi connectivity index (χ0n) is 13.6. The number of aryl methyl sites for hydroxylation is 2. The maximum atomic E-state index is 4.74. The summed E-state index contributed by atoms with van der Waals surface area (Å²) in [5, 5.41) is 8.13. The molecule has 2 aromatic heterocycles.